The third-order valence-corrected chi connectivity index (χ3v) is 6.27. The summed E-state index contributed by atoms with van der Waals surface area (Å²) in [6.07, 6.45) is 0. The summed E-state index contributed by atoms with van der Waals surface area (Å²) in [7, 11) is 0. The molecule has 1 aliphatic rings. The molecule has 0 spiro atoms. The van der Waals surface area contributed by atoms with Crippen molar-refractivity contribution in [3.8, 4) is 0 Å². The number of anilines is 1. The zero-order chi connectivity index (χ0) is 24.8. The molecule has 1 saturated heterocycles. The molecule has 35 heavy (non-hydrogen) atoms. The third-order valence-electron chi connectivity index (χ3n) is 6.04. The summed E-state index contributed by atoms with van der Waals surface area (Å²) in [5, 5.41) is 3.39. The lowest BCUT2D eigenvalue weighted by molar-refractivity contribution is -0.124. The Labute approximate surface area is 209 Å². The molecule has 2 amide bonds. The van der Waals surface area contributed by atoms with Crippen LogP contribution in [0.3, 0.4) is 0 Å². The highest BCUT2D eigenvalue weighted by Crippen LogP contribution is 2.28. The zero-order valence-corrected chi connectivity index (χ0v) is 19.9. The van der Waals surface area contributed by atoms with Crippen LogP contribution in [0, 0.1) is 0 Å². The molecule has 0 saturated carbocycles. The number of hydrogen-bond acceptors (Lipinski definition) is 5. The van der Waals surface area contributed by atoms with E-state index in [1.807, 2.05) is 41.3 Å². The number of halogens is 1. The van der Waals surface area contributed by atoms with E-state index in [4.69, 9.17) is 17.3 Å². The van der Waals surface area contributed by atoms with Gasteiger partial charge in [-0.2, -0.15) is 0 Å². The molecule has 8 heteroatoms. The van der Waals surface area contributed by atoms with E-state index in [0.29, 0.717) is 48.0 Å². The molecule has 1 fully saturated rings. The molecular formula is C27H27ClN4O3. The van der Waals surface area contributed by atoms with Crippen LogP contribution in [-0.2, 0) is 9.59 Å². The van der Waals surface area contributed by atoms with Gasteiger partial charge in [-0.05, 0) is 23.8 Å². The van der Waals surface area contributed by atoms with E-state index >= 15 is 0 Å². The van der Waals surface area contributed by atoms with Crippen LogP contribution in [0.5, 0.6) is 0 Å². The van der Waals surface area contributed by atoms with Crippen LogP contribution in [0.4, 0.5) is 5.69 Å². The Balaban J connectivity index is 1.60. The Kier molecular flexibility index (Phi) is 7.92. The van der Waals surface area contributed by atoms with Crippen molar-refractivity contribution in [2.75, 3.05) is 38.0 Å². The predicted molar refractivity (Wildman–Crippen MR) is 136 cm³/mol. The van der Waals surface area contributed by atoms with Gasteiger partial charge in [0.2, 0.25) is 11.8 Å². The van der Waals surface area contributed by atoms with E-state index in [2.05, 4.69) is 10.2 Å². The number of carbonyl (C=O) groups excluding carboxylic acids is 3. The van der Waals surface area contributed by atoms with Gasteiger partial charge in [-0.3, -0.25) is 24.2 Å². The van der Waals surface area contributed by atoms with Crippen molar-refractivity contribution < 1.29 is 14.4 Å². The average Bonchev–Trinajstić information content (AvgIpc) is 2.87. The van der Waals surface area contributed by atoms with E-state index < -0.39 is 6.04 Å². The Hall–Kier alpha value is -3.52. The number of hydrogen-bond donors (Lipinski definition) is 2. The average molecular weight is 491 g/mol. The van der Waals surface area contributed by atoms with Crippen molar-refractivity contribution >= 4 is 34.9 Å². The molecule has 180 valence electrons. The summed E-state index contributed by atoms with van der Waals surface area (Å²) in [5.41, 5.74) is 7.43. The van der Waals surface area contributed by atoms with E-state index in [0.717, 1.165) is 5.56 Å². The number of carbonyl (C=O) groups is 3. The fourth-order valence-corrected chi connectivity index (χ4v) is 4.49. The lowest BCUT2D eigenvalue weighted by Gasteiger charge is -2.38. The number of piperazine rings is 1. The van der Waals surface area contributed by atoms with Crippen LogP contribution < -0.4 is 11.1 Å². The smallest absolute Gasteiger partial charge is 0.246 e. The maximum Gasteiger partial charge on any atom is 0.246 e. The molecule has 0 bridgehead atoms. The summed E-state index contributed by atoms with van der Waals surface area (Å²) < 4.78 is 0. The van der Waals surface area contributed by atoms with Crippen LogP contribution in [-0.4, -0.2) is 60.1 Å². The van der Waals surface area contributed by atoms with Gasteiger partial charge in [-0.1, -0.05) is 72.3 Å². The number of amides is 2. The SMILES string of the molecule is NC(=O)CN1CCN(C(C(=O)Nc2ccc(Cl)cc2C(=O)c2ccccc2)c2ccccc2)CC1. The van der Waals surface area contributed by atoms with Gasteiger partial charge in [0.15, 0.2) is 5.78 Å². The normalized spacial score (nSPS) is 15.3. The molecule has 1 heterocycles. The third kappa shape index (κ3) is 6.14. The van der Waals surface area contributed by atoms with Crippen LogP contribution >= 0.6 is 11.6 Å². The number of rotatable bonds is 8. The lowest BCUT2D eigenvalue weighted by Crippen LogP contribution is -2.51. The minimum Gasteiger partial charge on any atom is -0.369 e. The summed E-state index contributed by atoms with van der Waals surface area (Å²) >= 11 is 6.20. The first-order valence-electron chi connectivity index (χ1n) is 11.4. The second kappa shape index (κ2) is 11.3. The topological polar surface area (TPSA) is 95.7 Å². The van der Waals surface area contributed by atoms with Gasteiger partial charge in [0, 0.05) is 42.3 Å². The summed E-state index contributed by atoms with van der Waals surface area (Å²) in [6.45, 7) is 2.63. The first kappa shape index (κ1) is 24.6. The number of primary amides is 1. The van der Waals surface area contributed by atoms with E-state index in [-0.39, 0.29) is 24.1 Å². The van der Waals surface area contributed by atoms with E-state index in [1.54, 1.807) is 42.5 Å². The van der Waals surface area contributed by atoms with Crippen molar-refractivity contribution in [2.24, 2.45) is 5.73 Å². The highest BCUT2D eigenvalue weighted by atomic mass is 35.5. The van der Waals surface area contributed by atoms with Crippen LogP contribution in [0.25, 0.3) is 0 Å². The Bertz CT molecular complexity index is 1200. The maximum atomic E-state index is 13.7. The number of nitrogens with two attached hydrogens (primary N) is 1. The van der Waals surface area contributed by atoms with E-state index in [9.17, 15) is 14.4 Å². The molecule has 0 aliphatic carbocycles. The Morgan fingerprint density at radius 1 is 0.886 bits per heavy atom. The number of benzene rings is 3. The Morgan fingerprint density at radius 3 is 2.14 bits per heavy atom. The molecule has 0 radical (unpaired) electrons. The molecule has 3 aromatic rings. The second-order valence-corrected chi connectivity index (χ2v) is 8.90. The molecule has 1 aliphatic heterocycles. The molecule has 4 rings (SSSR count). The second-order valence-electron chi connectivity index (χ2n) is 8.47. The van der Waals surface area contributed by atoms with Gasteiger partial charge in [-0.15, -0.1) is 0 Å². The van der Waals surface area contributed by atoms with Crippen LogP contribution in [0.1, 0.15) is 27.5 Å². The van der Waals surface area contributed by atoms with Crippen molar-refractivity contribution in [3.05, 3.63) is 101 Å². The predicted octanol–water partition coefficient (Wildman–Crippen LogP) is 3.35. The molecule has 3 N–H and O–H groups in total. The van der Waals surface area contributed by atoms with Crippen LogP contribution in [0.2, 0.25) is 5.02 Å². The van der Waals surface area contributed by atoms with Gasteiger partial charge in [0.25, 0.3) is 0 Å². The number of nitrogens with one attached hydrogen (secondary N) is 1. The van der Waals surface area contributed by atoms with Gasteiger partial charge in [-0.25, -0.2) is 0 Å². The number of ketones is 1. The van der Waals surface area contributed by atoms with Gasteiger partial charge < -0.3 is 11.1 Å². The maximum absolute atomic E-state index is 13.7. The fraction of sp³-hybridized carbons (Fsp3) is 0.222. The molecule has 1 atom stereocenters. The van der Waals surface area contributed by atoms with E-state index in [1.165, 1.54) is 0 Å². The summed E-state index contributed by atoms with van der Waals surface area (Å²) in [5.74, 6) is -0.835. The minimum absolute atomic E-state index is 0.200. The standard InChI is InChI=1S/C27H27ClN4O3/c28-21-11-12-23(22(17-21)26(34)20-9-5-2-6-10-20)30-27(35)25(19-7-3-1-4-8-19)32-15-13-31(14-16-32)18-24(29)33/h1-12,17,25H,13-16,18H2,(H2,29,33)(H,30,35). The summed E-state index contributed by atoms with van der Waals surface area (Å²) in [6, 6.07) is 22.7. The minimum atomic E-state index is -0.567. The molecule has 3 aromatic carbocycles. The highest BCUT2D eigenvalue weighted by molar-refractivity contribution is 6.31. The molecular weight excluding hydrogens is 464 g/mol. The Morgan fingerprint density at radius 2 is 1.51 bits per heavy atom. The quantitative estimate of drug-likeness (QED) is 0.472. The van der Waals surface area contributed by atoms with Gasteiger partial charge in [0.1, 0.15) is 6.04 Å². The number of nitrogens with zero attached hydrogens (tertiary/aromatic N) is 2. The summed E-state index contributed by atoms with van der Waals surface area (Å²) in [4.78, 5) is 42.2. The van der Waals surface area contributed by atoms with Crippen molar-refractivity contribution in [1.29, 1.82) is 0 Å². The van der Waals surface area contributed by atoms with Crippen molar-refractivity contribution in [1.82, 2.24) is 9.80 Å². The zero-order valence-electron chi connectivity index (χ0n) is 19.2. The largest absolute Gasteiger partial charge is 0.369 e. The van der Waals surface area contributed by atoms with Crippen molar-refractivity contribution in [2.45, 2.75) is 6.04 Å². The molecule has 0 aromatic heterocycles. The van der Waals surface area contributed by atoms with Crippen molar-refractivity contribution in [3.63, 3.8) is 0 Å². The molecule has 7 nitrogen and oxygen atoms in total. The molecule has 1 unspecified atom stereocenters. The highest BCUT2D eigenvalue weighted by Gasteiger charge is 2.31. The first-order valence-corrected chi connectivity index (χ1v) is 11.8. The van der Waals surface area contributed by atoms with Crippen LogP contribution in [0.15, 0.2) is 78.9 Å². The lowest BCUT2D eigenvalue weighted by atomic mass is 10.00. The monoisotopic (exact) mass is 490 g/mol. The van der Waals surface area contributed by atoms with Gasteiger partial charge >= 0.3 is 0 Å². The fourth-order valence-electron chi connectivity index (χ4n) is 4.32. The first-order chi connectivity index (χ1) is 16.9. The van der Waals surface area contributed by atoms with Gasteiger partial charge in [0.05, 0.1) is 12.2 Å².